The summed E-state index contributed by atoms with van der Waals surface area (Å²) in [5, 5.41) is 0. The van der Waals surface area contributed by atoms with Gasteiger partial charge in [-0.15, -0.1) is 0 Å². The Bertz CT molecular complexity index is 559. The molecule has 1 aliphatic rings. The molecule has 2 rings (SSSR count). The van der Waals surface area contributed by atoms with Crippen LogP contribution < -0.4 is 5.73 Å². The van der Waals surface area contributed by atoms with Crippen molar-refractivity contribution in [2.24, 2.45) is 5.73 Å². The molecule has 2 N–H and O–H groups in total. The fraction of sp³-hybridized carbons (Fsp3) is 0.588. The minimum atomic E-state index is -4.40. The predicted molar refractivity (Wildman–Crippen MR) is 82.9 cm³/mol. The summed E-state index contributed by atoms with van der Waals surface area (Å²) in [5.74, 6) is -0.586. The third-order valence-corrected chi connectivity index (χ3v) is 4.51. The number of benzene rings is 1. The van der Waals surface area contributed by atoms with Gasteiger partial charge in [-0.2, -0.15) is 13.2 Å². The van der Waals surface area contributed by atoms with E-state index in [1.54, 1.807) is 17.9 Å². The standard InChI is InChI=1S/C17H23F3N2O/c1-11(14-5-3-4-6-15(14)17(18,19)20)9-16(23)22-8-7-13(21)10-12(22)2/h3-6,11-13H,7-10,21H2,1-2H3. The first-order chi connectivity index (χ1) is 10.7. The summed E-state index contributed by atoms with van der Waals surface area (Å²) in [5.41, 5.74) is 5.40. The van der Waals surface area contributed by atoms with Gasteiger partial charge in [0, 0.05) is 25.0 Å². The topological polar surface area (TPSA) is 46.3 Å². The van der Waals surface area contributed by atoms with Crippen LogP contribution in [0.25, 0.3) is 0 Å². The highest BCUT2D eigenvalue weighted by Gasteiger charge is 2.35. The summed E-state index contributed by atoms with van der Waals surface area (Å²) in [6.45, 7) is 4.18. The quantitative estimate of drug-likeness (QED) is 0.922. The highest BCUT2D eigenvalue weighted by atomic mass is 19.4. The first kappa shape index (κ1) is 17.8. The van der Waals surface area contributed by atoms with Crippen LogP contribution in [0, 0.1) is 0 Å². The average Bonchev–Trinajstić information content (AvgIpc) is 2.46. The number of carbonyl (C=O) groups is 1. The van der Waals surface area contributed by atoms with Crippen LogP contribution in [0.15, 0.2) is 24.3 Å². The number of piperidine rings is 1. The van der Waals surface area contributed by atoms with Crippen LogP contribution in [0.5, 0.6) is 0 Å². The molecule has 0 bridgehead atoms. The predicted octanol–water partition coefficient (Wildman–Crippen LogP) is 3.54. The molecule has 128 valence electrons. The zero-order chi connectivity index (χ0) is 17.2. The number of rotatable bonds is 3. The van der Waals surface area contributed by atoms with Crippen LogP contribution in [-0.4, -0.2) is 29.4 Å². The van der Waals surface area contributed by atoms with E-state index >= 15 is 0 Å². The van der Waals surface area contributed by atoms with Gasteiger partial charge in [0.15, 0.2) is 0 Å². The van der Waals surface area contributed by atoms with Gasteiger partial charge in [0.1, 0.15) is 0 Å². The van der Waals surface area contributed by atoms with Gasteiger partial charge in [-0.1, -0.05) is 25.1 Å². The van der Waals surface area contributed by atoms with Crippen LogP contribution in [0.4, 0.5) is 13.2 Å². The number of hydrogen-bond donors (Lipinski definition) is 1. The van der Waals surface area contributed by atoms with Gasteiger partial charge in [-0.25, -0.2) is 0 Å². The summed E-state index contributed by atoms with van der Waals surface area (Å²) in [6, 6.07) is 5.60. The smallest absolute Gasteiger partial charge is 0.340 e. The van der Waals surface area contributed by atoms with E-state index in [4.69, 9.17) is 5.73 Å². The van der Waals surface area contributed by atoms with E-state index in [0.29, 0.717) is 6.54 Å². The summed E-state index contributed by atoms with van der Waals surface area (Å²) in [7, 11) is 0. The Morgan fingerprint density at radius 2 is 2.04 bits per heavy atom. The minimum absolute atomic E-state index is 0.0382. The van der Waals surface area contributed by atoms with Gasteiger partial charge in [0.05, 0.1) is 5.56 Å². The lowest BCUT2D eigenvalue weighted by Crippen LogP contribution is -2.48. The van der Waals surface area contributed by atoms with Gasteiger partial charge in [-0.05, 0) is 37.3 Å². The van der Waals surface area contributed by atoms with E-state index in [0.717, 1.165) is 18.9 Å². The van der Waals surface area contributed by atoms with E-state index < -0.39 is 17.7 Å². The van der Waals surface area contributed by atoms with Gasteiger partial charge in [0.2, 0.25) is 5.91 Å². The average molecular weight is 328 g/mol. The summed E-state index contributed by atoms with van der Waals surface area (Å²) < 4.78 is 39.3. The monoisotopic (exact) mass is 328 g/mol. The van der Waals surface area contributed by atoms with Gasteiger partial charge in [-0.3, -0.25) is 4.79 Å². The van der Waals surface area contributed by atoms with Crippen molar-refractivity contribution in [1.29, 1.82) is 0 Å². The van der Waals surface area contributed by atoms with Gasteiger partial charge in [0.25, 0.3) is 0 Å². The SMILES string of the molecule is CC(CC(=O)N1CCC(N)CC1C)c1ccccc1C(F)(F)F. The molecular weight excluding hydrogens is 305 g/mol. The highest BCUT2D eigenvalue weighted by molar-refractivity contribution is 5.77. The van der Waals surface area contributed by atoms with Gasteiger partial charge < -0.3 is 10.6 Å². The lowest BCUT2D eigenvalue weighted by molar-refractivity contribution is -0.139. The molecule has 6 heteroatoms. The van der Waals surface area contributed by atoms with Crippen LogP contribution in [0.1, 0.15) is 50.2 Å². The van der Waals surface area contributed by atoms with Crippen LogP contribution >= 0.6 is 0 Å². The third-order valence-electron chi connectivity index (χ3n) is 4.51. The Hall–Kier alpha value is -1.56. The number of halogens is 3. The first-order valence-corrected chi connectivity index (χ1v) is 7.91. The van der Waals surface area contributed by atoms with E-state index in [2.05, 4.69) is 0 Å². The summed E-state index contributed by atoms with van der Waals surface area (Å²) in [6.07, 6.45) is -2.85. The van der Waals surface area contributed by atoms with Crippen LogP contribution in [-0.2, 0) is 11.0 Å². The molecule has 0 aromatic heterocycles. The van der Waals surface area contributed by atoms with Crippen molar-refractivity contribution in [2.45, 2.75) is 57.3 Å². The fourth-order valence-corrected chi connectivity index (χ4v) is 3.25. The van der Waals surface area contributed by atoms with Crippen molar-refractivity contribution in [3.05, 3.63) is 35.4 Å². The number of likely N-dealkylation sites (tertiary alicyclic amines) is 1. The molecular formula is C17H23F3N2O. The molecule has 1 amide bonds. The number of nitrogens with zero attached hydrogens (tertiary/aromatic N) is 1. The van der Waals surface area contributed by atoms with Gasteiger partial charge >= 0.3 is 6.18 Å². The van der Waals surface area contributed by atoms with Crippen molar-refractivity contribution in [1.82, 2.24) is 4.90 Å². The Morgan fingerprint density at radius 1 is 1.39 bits per heavy atom. The molecule has 0 spiro atoms. The van der Waals surface area contributed by atoms with Crippen molar-refractivity contribution < 1.29 is 18.0 Å². The molecule has 3 nitrogen and oxygen atoms in total. The van der Waals surface area contributed by atoms with Crippen LogP contribution in [0.3, 0.4) is 0 Å². The lowest BCUT2D eigenvalue weighted by Gasteiger charge is -2.37. The Morgan fingerprint density at radius 3 is 2.65 bits per heavy atom. The molecule has 3 atom stereocenters. The second-order valence-electron chi connectivity index (χ2n) is 6.41. The van der Waals surface area contributed by atoms with E-state index in [9.17, 15) is 18.0 Å². The largest absolute Gasteiger partial charge is 0.416 e. The van der Waals surface area contributed by atoms with E-state index in [-0.39, 0.29) is 30.0 Å². The maximum atomic E-state index is 13.1. The third kappa shape index (κ3) is 4.25. The van der Waals surface area contributed by atoms with Crippen molar-refractivity contribution in [2.75, 3.05) is 6.54 Å². The second kappa shape index (κ2) is 6.91. The number of nitrogens with two attached hydrogens (primary N) is 1. The maximum Gasteiger partial charge on any atom is 0.416 e. The minimum Gasteiger partial charge on any atom is -0.340 e. The molecule has 0 aliphatic carbocycles. The summed E-state index contributed by atoms with van der Waals surface area (Å²) in [4.78, 5) is 14.2. The molecule has 1 aliphatic heterocycles. The van der Waals surface area contributed by atoms with Crippen LogP contribution in [0.2, 0.25) is 0 Å². The molecule has 1 aromatic carbocycles. The molecule has 1 saturated heterocycles. The van der Waals surface area contributed by atoms with Crippen molar-refractivity contribution >= 4 is 5.91 Å². The van der Waals surface area contributed by atoms with Crippen molar-refractivity contribution in [3.8, 4) is 0 Å². The molecule has 1 heterocycles. The van der Waals surface area contributed by atoms with E-state index in [1.807, 2.05) is 6.92 Å². The lowest BCUT2D eigenvalue weighted by atomic mass is 9.91. The molecule has 0 saturated carbocycles. The first-order valence-electron chi connectivity index (χ1n) is 7.91. The fourth-order valence-electron chi connectivity index (χ4n) is 3.25. The number of amides is 1. The van der Waals surface area contributed by atoms with E-state index in [1.165, 1.54) is 12.1 Å². The molecule has 0 radical (unpaired) electrons. The van der Waals surface area contributed by atoms with Crippen molar-refractivity contribution in [3.63, 3.8) is 0 Å². The summed E-state index contributed by atoms with van der Waals surface area (Å²) >= 11 is 0. The molecule has 1 fully saturated rings. The highest BCUT2D eigenvalue weighted by Crippen LogP contribution is 2.36. The Balaban J connectivity index is 2.10. The number of hydrogen-bond acceptors (Lipinski definition) is 2. The molecule has 3 unspecified atom stereocenters. The molecule has 1 aromatic rings. The Kier molecular flexibility index (Phi) is 5.34. The normalized spacial score (nSPS) is 23.7. The zero-order valence-electron chi connectivity index (χ0n) is 13.4. The molecule has 23 heavy (non-hydrogen) atoms. The second-order valence-corrected chi connectivity index (χ2v) is 6.41. The number of alkyl halides is 3. The zero-order valence-corrected chi connectivity index (χ0v) is 13.4. The maximum absolute atomic E-state index is 13.1. The number of carbonyl (C=O) groups excluding carboxylic acids is 1. The Labute approximate surface area is 134 Å².